The minimum Gasteiger partial charge on any atom is -0.503 e. The summed E-state index contributed by atoms with van der Waals surface area (Å²) in [6.45, 7) is 0. The molecule has 0 heterocycles. The first kappa shape index (κ1) is 19.9. The molecule has 0 saturated carbocycles. The second-order valence-electron chi connectivity index (χ2n) is 3.64. The number of hydrogen-bond donors (Lipinski definition) is 1. The molecule has 0 unspecified atom stereocenters. The summed E-state index contributed by atoms with van der Waals surface area (Å²) >= 11 is 8.08. The molecule has 20 heavy (non-hydrogen) atoms. The smallest absolute Gasteiger partial charge is 0.395 e. The Morgan fingerprint density at radius 1 is 0.800 bits per heavy atom. The highest BCUT2D eigenvalue weighted by molar-refractivity contribution is 7.99. The Labute approximate surface area is 120 Å². The Hall–Kier alpha value is -0.0900. The van der Waals surface area contributed by atoms with Gasteiger partial charge in [0, 0.05) is 10.9 Å². The topological polar surface area (TPSA) is 20.2 Å². The van der Waals surface area contributed by atoms with Crippen LogP contribution in [0.3, 0.4) is 0 Å². The van der Waals surface area contributed by atoms with Gasteiger partial charge in [-0.1, -0.05) is 0 Å². The zero-order valence-electron chi connectivity index (χ0n) is 9.64. The molecule has 0 bridgehead atoms. The summed E-state index contributed by atoms with van der Waals surface area (Å²) in [7, 11) is -2.14. The average molecular weight is 374 g/mol. The lowest BCUT2D eigenvalue weighted by Gasteiger charge is -2.25. The first-order valence-corrected chi connectivity index (χ1v) is 7.18. The maximum Gasteiger partial charge on any atom is 0.395 e. The van der Waals surface area contributed by atoms with Gasteiger partial charge in [0.05, 0.1) is 0 Å². The predicted octanol–water partition coefficient (Wildman–Crippen LogP) is 4.57. The third kappa shape index (κ3) is 3.56. The quantitative estimate of drug-likeness (QED) is 0.324. The first-order valence-electron chi connectivity index (χ1n) is 4.38. The number of alkyl halides is 10. The standard InChI is InChI=1S/C8H6Cl2F8OS/c1-20(2)4(6(13,14)8(10,17)18)3(19)5(11,12)7(9,15)16/h1-2H3/p+1/b4-3+. The summed E-state index contributed by atoms with van der Waals surface area (Å²) in [5.41, 5.74) is 0. The number of hydrogen-bond acceptors (Lipinski definition) is 1. The van der Waals surface area contributed by atoms with E-state index >= 15 is 0 Å². The van der Waals surface area contributed by atoms with Gasteiger partial charge in [-0.25, -0.2) is 0 Å². The van der Waals surface area contributed by atoms with Crippen molar-refractivity contribution in [1.29, 1.82) is 0 Å². The summed E-state index contributed by atoms with van der Waals surface area (Å²) in [6, 6.07) is 0. The second-order valence-corrected chi connectivity index (χ2v) is 6.63. The highest BCUT2D eigenvalue weighted by atomic mass is 35.5. The van der Waals surface area contributed by atoms with Crippen LogP contribution in [0.15, 0.2) is 10.7 Å². The molecule has 1 N–H and O–H groups in total. The van der Waals surface area contributed by atoms with E-state index in [0.29, 0.717) is 0 Å². The third-order valence-electron chi connectivity index (χ3n) is 1.92. The molecule has 0 radical (unpaired) electrons. The van der Waals surface area contributed by atoms with Crippen LogP contribution in [0.5, 0.6) is 0 Å². The van der Waals surface area contributed by atoms with Crippen LogP contribution in [0, 0.1) is 0 Å². The molecule has 0 aliphatic rings. The van der Waals surface area contributed by atoms with Gasteiger partial charge in [-0.3, -0.25) is 0 Å². The molecule has 0 spiro atoms. The van der Waals surface area contributed by atoms with Crippen LogP contribution in [0.25, 0.3) is 0 Å². The van der Waals surface area contributed by atoms with Crippen LogP contribution in [0.2, 0.25) is 0 Å². The third-order valence-corrected chi connectivity index (χ3v) is 3.66. The molecule has 0 atom stereocenters. The van der Waals surface area contributed by atoms with Crippen molar-refractivity contribution in [3.63, 3.8) is 0 Å². The summed E-state index contributed by atoms with van der Waals surface area (Å²) in [6.07, 6.45) is 1.45. The zero-order valence-corrected chi connectivity index (χ0v) is 12.0. The number of aliphatic hydroxyl groups is 1. The van der Waals surface area contributed by atoms with Gasteiger partial charge in [0.1, 0.15) is 12.5 Å². The van der Waals surface area contributed by atoms with Gasteiger partial charge in [0.15, 0.2) is 0 Å². The van der Waals surface area contributed by atoms with E-state index in [1.165, 1.54) is 0 Å². The Morgan fingerprint density at radius 2 is 1.10 bits per heavy atom. The van der Waals surface area contributed by atoms with E-state index in [9.17, 15) is 35.1 Å². The van der Waals surface area contributed by atoms with E-state index in [4.69, 9.17) is 5.11 Å². The monoisotopic (exact) mass is 373 g/mol. The Balaban J connectivity index is 6.27. The number of halogens is 10. The summed E-state index contributed by atoms with van der Waals surface area (Å²) in [5, 5.41) is -1.89. The van der Waals surface area contributed by atoms with Crippen molar-refractivity contribution >= 4 is 34.1 Å². The molecule has 0 saturated heterocycles. The van der Waals surface area contributed by atoms with Crippen molar-refractivity contribution < 1.29 is 40.2 Å². The van der Waals surface area contributed by atoms with Gasteiger partial charge >= 0.3 is 22.6 Å². The van der Waals surface area contributed by atoms with Gasteiger partial charge in [0.2, 0.25) is 5.76 Å². The van der Waals surface area contributed by atoms with Crippen molar-refractivity contribution in [2.24, 2.45) is 0 Å². The maximum atomic E-state index is 13.3. The SMILES string of the molecule is C[S+](C)/C(=C(/O)C(F)(F)C(F)(F)Cl)C(F)(F)C(F)(F)Cl. The Kier molecular flexibility index (Phi) is 5.58. The van der Waals surface area contributed by atoms with Crippen LogP contribution >= 0.6 is 23.2 Å². The Bertz CT molecular complexity index is 398. The molecule has 0 aromatic rings. The lowest BCUT2D eigenvalue weighted by atomic mass is 10.2. The van der Waals surface area contributed by atoms with Crippen LogP contribution in [-0.2, 0) is 10.9 Å². The summed E-state index contributed by atoms with van der Waals surface area (Å²) in [4.78, 5) is -2.30. The van der Waals surface area contributed by atoms with E-state index in [2.05, 4.69) is 23.2 Å². The highest BCUT2D eigenvalue weighted by Gasteiger charge is 2.69. The second kappa shape index (κ2) is 5.60. The number of aliphatic hydroxyl groups excluding tert-OH is 1. The van der Waals surface area contributed by atoms with E-state index in [1.54, 1.807) is 0 Å². The average Bonchev–Trinajstić information content (AvgIpc) is 2.12. The summed E-state index contributed by atoms with van der Waals surface area (Å²) in [5.74, 6) is -14.1. The number of rotatable bonds is 5. The van der Waals surface area contributed by atoms with Gasteiger partial charge in [0.25, 0.3) is 4.91 Å². The lowest BCUT2D eigenvalue weighted by Crippen LogP contribution is -2.45. The molecule has 0 fully saturated rings. The highest BCUT2D eigenvalue weighted by Crippen LogP contribution is 2.50. The van der Waals surface area contributed by atoms with Crippen LogP contribution in [0.1, 0.15) is 0 Å². The van der Waals surface area contributed by atoms with Crippen molar-refractivity contribution in [1.82, 2.24) is 0 Å². The summed E-state index contributed by atoms with van der Waals surface area (Å²) < 4.78 is 103. The largest absolute Gasteiger partial charge is 0.503 e. The molecule has 12 heteroatoms. The van der Waals surface area contributed by atoms with Crippen LogP contribution in [0.4, 0.5) is 35.1 Å². The number of allylic oxidation sites excluding steroid dienone is 2. The van der Waals surface area contributed by atoms with Gasteiger partial charge in [-0.2, -0.15) is 35.1 Å². The first-order chi connectivity index (χ1) is 8.48. The molecular formula is C8H7Cl2F8OS+. The molecule has 0 aliphatic heterocycles. The normalized spacial score (nSPS) is 16.4. The van der Waals surface area contributed by atoms with Gasteiger partial charge in [-0.15, -0.1) is 0 Å². The van der Waals surface area contributed by atoms with Gasteiger partial charge < -0.3 is 5.11 Å². The lowest BCUT2D eigenvalue weighted by molar-refractivity contribution is -0.159. The molecule has 120 valence electrons. The minimum atomic E-state index is -5.67. The van der Waals surface area contributed by atoms with E-state index in [1.807, 2.05) is 0 Å². The fourth-order valence-corrected chi connectivity index (χ4v) is 2.40. The fraction of sp³-hybridized carbons (Fsp3) is 0.750. The van der Waals surface area contributed by atoms with Crippen molar-refractivity contribution in [3.05, 3.63) is 10.7 Å². The van der Waals surface area contributed by atoms with Crippen LogP contribution < -0.4 is 0 Å². The molecule has 0 aromatic heterocycles. The predicted molar refractivity (Wildman–Crippen MR) is 60.4 cm³/mol. The molecule has 0 rings (SSSR count). The molecule has 0 amide bonds. The van der Waals surface area contributed by atoms with E-state index < -0.39 is 44.2 Å². The molecule has 0 aromatic carbocycles. The van der Waals surface area contributed by atoms with Gasteiger partial charge in [-0.05, 0) is 23.2 Å². The van der Waals surface area contributed by atoms with Crippen molar-refractivity contribution in [2.75, 3.05) is 12.5 Å². The minimum absolute atomic E-state index is 0.727. The van der Waals surface area contributed by atoms with Crippen molar-refractivity contribution in [2.45, 2.75) is 22.6 Å². The van der Waals surface area contributed by atoms with Crippen molar-refractivity contribution in [3.8, 4) is 0 Å². The molecular weight excluding hydrogens is 367 g/mol. The zero-order chi connectivity index (χ0) is 16.7. The van der Waals surface area contributed by atoms with E-state index in [0.717, 1.165) is 12.5 Å². The Morgan fingerprint density at radius 3 is 1.30 bits per heavy atom. The maximum absolute atomic E-state index is 13.3. The van der Waals surface area contributed by atoms with Crippen LogP contribution in [-0.4, -0.2) is 40.2 Å². The molecule has 0 aliphatic carbocycles. The fourth-order valence-electron chi connectivity index (χ4n) is 1.00. The molecule has 1 nitrogen and oxygen atoms in total. The van der Waals surface area contributed by atoms with E-state index in [-0.39, 0.29) is 0 Å².